The summed E-state index contributed by atoms with van der Waals surface area (Å²) in [7, 11) is 0. The molecule has 47 heavy (non-hydrogen) atoms. The zero-order valence-electron chi connectivity index (χ0n) is 27.4. The summed E-state index contributed by atoms with van der Waals surface area (Å²) in [6, 6.07) is 17.9. The van der Waals surface area contributed by atoms with Gasteiger partial charge < -0.3 is 30.8 Å². The topological polar surface area (TPSA) is 162 Å². The van der Waals surface area contributed by atoms with Crippen LogP contribution in [0.4, 0.5) is 10.5 Å². The lowest BCUT2D eigenvalue weighted by Gasteiger charge is -2.33. The number of nitrogens with one attached hydrogen (secondary N) is 6. The first kappa shape index (κ1) is 33.5. The van der Waals surface area contributed by atoms with Gasteiger partial charge >= 0.3 is 6.03 Å². The van der Waals surface area contributed by atoms with E-state index >= 15 is 0 Å². The van der Waals surface area contributed by atoms with Crippen LogP contribution in [0, 0.1) is 21.6 Å². The molecular weight excluding hydrogens is 592 g/mol. The monoisotopic (exact) mass is 638 g/mol. The molecule has 0 bridgehead atoms. The highest BCUT2D eigenvalue weighted by Crippen LogP contribution is 2.38. The Kier molecular flexibility index (Phi) is 10.5. The predicted octanol–water partition coefficient (Wildman–Crippen LogP) is 6.00. The Morgan fingerprint density at radius 3 is 2.36 bits per heavy atom. The van der Waals surface area contributed by atoms with E-state index in [-0.39, 0.29) is 24.2 Å². The van der Waals surface area contributed by atoms with E-state index in [2.05, 4.69) is 16.0 Å². The number of urea groups is 1. The lowest BCUT2D eigenvalue weighted by Crippen LogP contribution is -2.43. The summed E-state index contributed by atoms with van der Waals surface area (Å²) >= 11 is 0. The number of hydrogen-bond donors (Lipinski definition) is 7. The van der Waals surface area contributed by atoms with Crippen LogP contribution < -0.4 is 26.2 Å². The molecule has 11 heteroatoms. The molecule has 1 fully saturated rings. The van der Waals surface area contributed by atoms with Crippen molar-refractivity contribution in [1.29, 1.82) is 16.2 Å². The third kappa shape index (κ3) is 8.48. The largest absolute Gasteiger partial charge is 0.484 e. The van der Waals surface area contributed by atoms with Crippen molar-refractivity contribution in [3.8, 4) is 5.75 Å². The van der Waals surface area contributed by atoms with Crippen molar-refractivity contribution >= 4 is 23.4 Å². The SMILES string of the molecule is CC(C)(C)C(=N)/C=C(/NC(=O)N[C@H]1CC[C@@H](Oc2ccc(=N)n(C(=N)N3CCCCC3)c2)c2ccccc21)Nc1ccc(CO)cc1. The first-order valence-corrected chi connectivity index (χ1v) is 16.2. The number of carbonyl (C=O) groups excluding carboxylic acids is 1. The Labute approximate surface area is 276 Å². The summed E-state index contributed by atoms with van der Waals surface area (Å²) in [5, 5.41) is 44.3. The van der Waals surface area contributed by atoms with E-state index in [0.29, 0.717) is 41.8 Å². The molecule has 7 N–H and O–H groups in total. The van der Waals surface area contributed by atoms with Gasteiger partial charge in [0, 0.05) is 36.0 Å². The molecule has 2 atom stereocenters. The van der Waals surface area contributed by atoms with Crippen LogP contribution in [0.2, 0.25) is 0 Å². The minimum Gasteiger partial charge on any atom is -0.484 e. The zero-order valence-corrected chi connectivity index (χ0v) is 27.4. The average Bonchev–Trinajstić information content (AvgIpc) is 3.06. The van der Waals surface area contributed by atoms with E-state index in [9.17, 15) is 9.90 Å². The van der Waals surface area contributed by atoms with Gasteiger partial charge in [-0.2, -0.15) is 0 Å². The van der Waals surface area contributed by atoms with Gasteiger partial charge in [-0.3, -0.25) is 20.7 Å². The molecule has 0 spiro atoms. The summed E-state index contributed by atoms with van der Waals surface area (Å²) in [5.74, 6) is 1.24. The van der Waals surface area contributed by atoms with Gasteiger partial charge in [0.25, 0.3) is 0 Å². The fourth-order valence-corrected chi connectivity index (χ4v) is 5.80. The molecule has 2 amide bonds. The first-order valence-electron chi connectivity index (χ1n) is 16.2. The number of likely N-dealkylation sites (tertiary alicyclic amines) is 1. The number of aliphatic hydroxyl groups excluding tert-OH is 1. The number of piperidine rings is 1. The van der Waals surface area contributed by atoms with Crippen LogP contribution in [0.1, 0.15) is 81.7 Å². The number of aliphatic hydroxyl groups is 1. The molecule has 1 saturated heterocycles. The van der Waals surface area contributed by atoms with Gasteiger partial charge in [-0.05, 0) is 73.1 Å². The number of fused-ring (bicyclic) bond motifs is 1. The maximum atomic E-state index is 13.4. The highest BCUT2D eigenvalue weighted by Gasteiger charge is 2.30. The molecule has 248 valence electrons. The zero-order chi connectivity index (χ0) is 33.6. The number of nitrogens with zero attached hydrogens (tertiary/aromatic N) is 2. The van der Waals surface area contributed by atoms with Crippen LogP contribution in [0.25, 0.3) is 0 Å². The number of pyridine rings is 1. The van der Waals surface area contributed by atoms with Crippen LogP contribution in [0.3, 0.4) is 0 Å². The number of benzene rings is 2. The molecule has 0 unspecified atom stereocenters. The van der Waals surface area contributed by atoms with Crippen LogP contribution in [0.5, 0.6) is 5.75 Å². The predicted molar refractivity (Wildman–Crippen MR) is 184 cm³/mol. The minimum atomic E-state index is -0.419. The lowest BCUT2D eigenvalue weighted by atomic mass is 9.85. The van der Waals surface area contributed by atoms with E-state index < -0.39 is 11.4 Å². The lowest BCUT2D eigenvalue weighted by molar-refractivity contribution is 0.170. The van der Waals surface area contributed by atoms with E-state index in [1.807, 2.05) is 62.1 Å². The van der Waals surface area contributed by atoms with Crippen molar-refractivity contribution in [2.45, 2.75) is 71.6 Å². The van der Waals surface area contributed by atoms with Crippen molar-refractivity contribution in [3.63, 3.8) is 0 Å². The van der Waals surface area contributed by atoms with Crippen molar-refractivity contribution < 1.29 is 14.6 Å². The normalized spacial score (nSPS) is 18.1. The Bertz CT molecular complexity index is 1680. The van der Waals surface area contributed by atoms with Gasteiger partial charge in [0.15, 0.2) is 0 Å². The molecule has 0 saturated carbocycles. The summed E-state index contributed by atoms with van der Waals surface area (Å²) in [4.78, 5) is 15.4. The van der Waals surface area contributed by atoms with E-state index in [1.54, 1.807) is 41.1 Å². The molecular formula is C36H46N8O3. The number of amides is 2. The summed E-state index contributed by atoms with van der Waals surface area (Å²) in [6.07, 6.45) is 7.65. The fourth-order valence-electron chi connectivity index (χ4n) is 5.80. The molecule has 11 nitrogen and oxygen atoms in total. The van der Waals surface area contributed by atoms with Crippen molar-refractivity contribution in [2.24, 2.45) is 5.41 Å². The maximum Gasteiger partial charge on any atom is 0.320 e. The van der Waals surface area contributed by atoms with Gasteiger partial charge in [-0.1, -0.05) is 57.2 Å². The smallest absolute Gasteiger partial charge is 0.320 e. The quantitative estimate of drug-likeness (QED) is 0.119. The average molecular weight is 639 g/mol. The van der Waals surface area contributed by atoms with Gasteiger partial charge in [-0.15, -0.1) is 0 Å². The van der Waals surface area contributed by atoms with Crippen LogP contribution in [-0.4, -0.2) is 45.4 Å². The standard InChI is InChI=1S/C36H46N8O3/c1-36(2,3)31(37)21-33(40-25-13-11-24(23-45)12-14-25)42-35(46)41-29-16-17-30(28-10-6-5-9-27(28)29)47-26-15-18-32(38)44(22-26)34(39)43-19-7-4-8-20-43/h5-6,9-15,18,21-22,29-30,37-40,45H,4,7-8,16-17,19-20,23H2,1-3H3,(H2,41,42,46)/b33-21+,37-31?,38-32?,39-34?/t29-,30+/m0/s1. The Morgan fingerprint density at radius 2 is 1.68 bits per heavy atom. The number of hydrogen-bond acceptors (Lipinski definition) is 7. The molecule has 3 aromatic rings. The molecule has 2 heterocycles. The van der Waals surface area contributed by atoms with Crippen molar-refractivity contribution in [3.05, 3.63) is 101 Å². The molecule has 2 aromatic carbocycles. The summed E-state index contributed by atoms with van der Waals surface area (Å²) in [6.45, 7) is 7.40. The molecule has 1 aliphatic heterocycles. The second-order valence-electron chi connectivity index (χ2n) is 13.2. The van der Waals surface area contributed by atoms with Gasteiger partial charge in [0.2, 0.25) is 5.96 Å². The first-order chi connectivity index (χ1) is 22.5. The van der Waals surface area contributed by atoms with Crippen LogP contribution >= 0.6 is 0 Å². The molecule has 1 aromatic heterocycles. The Balaban J connectivity index is 1.29. The Morgan fingerprint density at radius 1 is 0.979 bits per heavy atom. The van der Waals surface area contributed by atoms with E-state index in [1.165, 1.54) is 6.42 Å². The highest BCUT2D eigenvalue weighted by molar-refractivity contribution is 5.97. The summed E-state index contributed by atoms with van der Waals surface area (Å²) in [5.41, 5.74) is 3.59. The van der Waals surface area contributed by atoms with Gasteiger partial charge in [-0.25, -0.2) is 4.79 Å². The van der Waals surface area contributed by atoms with Crippen LogP contribution in [-0.2, 0) is 6.61 Å². The van der Waals surface area contributed by atoms with Crippen molar-refractivity contribution in [1.82, 2.24) is 20.1 Å². The van der Waals surface area contributed by atoms with E-state index in [4.69, 9.17) is 21.0 Å². The molecule has 0 radical (unpaired) electrons. The molecule has 5 rings (SSSR count). The number of anilines is 1. The Hall–Kier alpha value is -4.90. The number of carbonyl (C=O) groups is 1. The number of aromatic nitrogens is 1. The van der Waals surface area contributed by atoms with Gasteiger partial charge in [0.1, 0.15) is 23.2 Å². The third-order valence-corrected chi connectivity index (χ3v) is 8.59. The fraction of sp³-hybridized carbons (Fsp3) is 0.389. The molecule has 2 aliphatic rings. The third-order valence-electron chi connectivity index (χ3n) is 8.59. The number of ether oxygens (including phenoxy) is 1. The number of rotatable bonds is 8. The number of allylic oxidation sites excluding steroid dienone is 1. The van der Waals surface area contributed by atoms with Crippen molar-refractivity contribution in [2.75, 3.05) is 18.4 Å². The minimum absolute atomic E-state index is 0.0615. The second kappa shape index (κ2) is 14.7. The molecule has 1 aliphatic carbocycles. The summed E-state index contributed by atoms with van der Waals surface area (Å²) < 4.78 is 8.06. The van der Waals surface area contributed by atoms with Gasteiger partial charge in [0.05, 0.1) is 18.8 Å². The van der Waals surface area contributed by atoms with E-state index in [0.717, 1.165) is 42.6 Å². The second-order valence-corrected chi connectivity index (χ2v) is 13.2. The van der Waals surface area contributed by atoms with Crippen LogP contribution in [0.15, 0.2) is 78.8 Å². The highest BCUT2D eigenvalue weighted by atomic mass is 16.5. The maximum absolute atomic E-state index is 13.4.